The summed E-state index contributed by atoms with van der Waals surface area (Å²) in [6, 6.07) is 22.9. The van der Waals surface area contributed by atoms with Gasteiger partial charge in [-0.15, -0.1) is 11.8 Å². The Balaban J connectivity index is 1.50. The lowest BCUT2D eigenvalue weighted by Crippen LogP contribution is -2.59. The number of nitrogens with one attached hydrogen (secondary N) is 3. The van der Waals surface area contributed by atoms with Gasteiger partial charge in [0.1, 0.15) is 6.04 Å². The van der Waals surface area contributed by atoms with Crippen LogP contribution in [0.2, 0.25) is 0 Å². The van der Waals surface area contributed by atoms with Crippen LogP contribution in [0.15, 0.2) is 78.9 Å². The van der Waals surface area contributed by atoms with Gasteiger partial charge in [0.2, 0.25) is 5.91 Å². The summed E-state index contributed by atoms with van der Waals surface area (Å²) in [6.07, 6.45) is -1.43. The third-order valence-corrected chi connectivity index (χ3v) is 8.69. The SMILES string of the molecule is Cc1ccccc1CNC(=O)C1N(C(=O)C(O)C(Cc2ccccc2)NC(=O)Nc2ccc(C#N)cc2)CSC1(C)C. The van der Waals surface area contributed by atoms with Crippen molar-refractivity contribution in [2.24, 2.45) is 0 Å². The third-order valence-electron chi connectivity index (χ3n) is 7.31. The Morgan fingerprint density at radius 2 is 1.71 bits per heavy atom. The molecule has 42 heavy (non-hydrogen) atoms. The minimum atomic E-state index is -1.61. The van der Waals surface area contributed by atoms with Gasteiger partial charge in [-0.3, -0.25) is 9.59 Å². The second-order valence-corrected chi connectivity index (χ2v) is 12.4. The van der Waals surface area contributed by atoms with Crippen molar-refractivity contribution in [1.29, 1.82) is 5.26 Å². The Labute approximate surface area is 250 Å². The number of hydrogen-bond acceptors (Lipinski definition) is 6. The fourth-order valence-electron chi connectivity index (χ4n) is 4.92. The first-order valence-corrected chi connectivity index (χ1v) is 14.6. The molecule has 3 unspecified atom stereocenters. The fraction of sp³-hybridized carbons (Fsp3) is 0.312. The van der Waals surface area contributed by atoms with Crippen LogP contribution in [-0.4, -0.2) is 56.7 Å². The molecule has 4 rings (SSSR count). The Bertz CT molecular complexity index is 1460. The number of carbonyl (C=O) groups excluding carboxylic acids is 3. The van der Waals surface area contributed by atoms with E-state index < -0.39 is 34.9 Å². The summed E-state index contributed by atoms with van der Waals surface area (Å²) in [4.78, 5) is 41.6. The van der Waals surface area contributed by atoms with Crippen LogP contribution in [-0.2, 0) is 22.6 Å². The molecule has 3 atom stereocenters. The molecule has 1 heterocycles. The summed E-state index contributed by atoms with van der Waals surface area (Å²) in [5.41, 5.74) is 3.75. The summed E-state index contributed by atoms with van der Waals surface area (Å²) >= 11 is 1.46. The van der Waals surface area contributed by atoms with Gasteiger partial charge >= 0.3 is 6.03 Å². The smallest absolute Gasteiger partial charge is 0.319 e. The van der Waals surface area contributed by atoms with Crippen LogP contribution in [0.3, 0.4) is 0 Å². The van der Waals surface area contributed by atoms with Gasteiger partial charge in [-0.1, -0.05) is 54.6 Å². The average Bonchev–Trinajstić information content (AvgIpc) is 3.31. The normalized spacial score (nSPS) is 17.0. The number of rotatable bonds is 9. The molecule has 0 aromatic heterocycles. The molecule has 1 aliphatic heterocycles. The van der Waals surface area contributed by atoms with Crippen LogP contribution in [0.5, 0.6) is 0 Å². The van der Waals surface area contributed by atoms with E-state index in [1.165, 1.54) is 16.7 Å². The summed E-state index contributed by atoms with van der Waals surface area (Å²) in [5.74, 6) is -0.718. The minimum Gasteiger partial charge on any atom is -0.381 e. The van der Waals surface area contributed by atoms with E-state index >= 15 is 0 Å². The Hall–Kier alpha value is -4.33. The van der Waals surface area contributed by atoms with Crippen molar-refractivity contribution < 1.29 is 19.5 Å². The zero-order valence-corrected chi connectivity index (χ0v) is 24.7. The molecule has 1 fully saturated rings. The molecule has 218 valence electrons. The van der Waals surface area contributed by atoms with Crippen molar-refractivity contribution in [3.63, 3.8) is 0 Å². The van der Waals surface area contributed by atoms with Crippen LogP contribution in [0.25, 0.3) is 0 Å². The lowest BCUT2D eigenvalue weighted by molar-refractivity contribution is -0.147. The van der Waals surface area contributed by atoms with Crippen molar-refractivity contribution in [1.82, 2.24) is 15.5 Å². The predicted molar refractivity (Wildman–Crippen MR) is 163 cm³/mol. The molecule has 10 heteroatoms. The number of thioether (sulfide) groups is 1. The van der Waals surface area contributed by atoms with E-state index in [0.717, 1.165) is 16.7 Å². The van der Waals surface area contributed by atoms with E-state index in [-0.39, 0.29) is 18.2 Å². The highest BCUT2D eigenvalue weighted by Crippen LogP contribution is 2.40. The largest absolute Gasteiger partial charge is 0.381 e. The van der Waals surface area contributed by atoms with Gasteiger partial charge in [0.15, 0.2) is 6.10 Å². The van der Waals surface area contributed by atoms with Gasteiger partial charge in [0.25, 0.3) is 5.91 Å². The van der Waals surface area contributed by atoms with Gasteiger partial charge < -0.3 is 26.0 Å². The zero-order valence-electron chi connectivity index (χ0n) is 23.8. The zero-order chi connectivity index (χ0) is 30.3. The number of aryl methyl sites for hydroxylation is 1. The lowest BCUT2D eigenvalue weighted by Gasteiger charge is -2.33. The standard InChI is InChI=1S/C32H35N5O4S/c1-21-9-7-8-12-24(21)19-34-29(39)28-32(2,3)42-20-37(28)30(40)27(38)26(17-22-10-5-4-6-11-22)36-31(41)35-25-15-13-23(18-33)14-16-25/h4-16,26-28,38H,17,19-20H2,1-3H3,(H,34,39)(H2,35,36,41). The number of urea groups is 1. The van der Waals surface area contributed by atoms with E-state index in [9.17, 15) is 19.5 Å². The maximum atomic E-state index is 13.8. The minimum absolute atomic E-state index is 0.184. The van der Waals surface area contributed by atoms with Gasteiger partial charge in [-0.25, -0.2) is 4.79 Å². The summed E-state index contributed by atoms with van der Waals surface area (Å²) in [7, 11) is 0. The molecule has 0 saturated carbocycles. The molecule has 0 bridgehead atoms. The van der Waals surface area contributed by atoms with Crippen LogP contribution in [0, 0.1) is 18.3 Å². The maximum Gasteiger partial charge on any atom is 0.319 e. The quantitative estimate of drug-likeness (QED) is 0.300. The van der Waals surface area contributed by atoms with E-state index in [4.69, 9.17) is 5.26 Å². The van der Waals surface area contributed by atoms with Gasteiger partial charge in [-0.2, -0.15) is 5.26 Å². The predicted octanol–water partition coefficient (Wildman–Crippen LogP) is 3.96. The third kappa shape index (κ3) is 7.49. The van der Waals surface area contributed by atoms with E-state index in [0.29, 0.717) is 17.8 Å². The molecule has 1 saturated heterocycles. The summed E-state index contributed by atoms with van der Waals surface area (Å²) < 4.78 is -0.597. The van der Waals surface area contributed by atoms with Crippen LogP contribution in [0.1, 0.15) is 36.1 Å². The molecule has 4 N–H and O–H groups in total. The highest BCUT2D eigenvalue weighted by atomic mass is 32.2. The molecule has 0 radical (unpaired) electrons. The maximum absolute atomic E-state index is 13.8. The number of nitrogens with zero attached hydrogens (tertiary/aromatic N) is 2. The van der Waals surface area contributed by atoms with Crippen molar-refractivity contribution in [3.05, 3.63) is 101 Å². The lowest BCUT2D eigenvalue weighted by atomic mass is 9.97. The monoisotopic (exact) mass is 585 g/mol. The molecule has 3 aromatic carbocycles. The summed E-state index contributed by atoms with van der Waals surface area (Å²) in [5, 5.41) is 28.8. The number of amides is 4. The molecule has 3 aromatic rings. The topological polar surface area (TPSA) is 135 Å². The van der Waals surface area contributed by atoms with Gasteiger partial charge in [0, 0.05) is 17.0 Å². The van der Waals surface area contributed by atoms with Crippen molar-refractivity contribution >= 4 is 35.3 Å². The molecular formula is C32H35N5O4S. The molecule has 4 amide bonds. The second-order valence-electron chi connectivity index (χ2n) is 10.8. The van der Waals surface area contributed by atoms with Gasteiger partial charge in [-0.05, 0) is 68.1 Å². The number of nitriles is 1. The van der Waals surface area contributed by atoms with Crippen LogP contribution < -0.4 is 16.0 Å². The first kappa shape index (κ1) is 30.6. The average molecular weight is 586 g/mol. The first-order chi connectivity index (χ1) is 20.1. The molecule has 0 spiro atoms. The van der Waals surface area contributed by atoms with E-state index in [2.05, 4.69) is 16.0 Å². The first-order valence-electron chi connectivity index (χ1n) is 13.7. The molecule has 9 nitrogen and oxygen atoms in total. The highest BCUT2D eigenvalue weighted by molar-refractivity contribution is 8.00. The second kappa shape index (κ2) is 13.6. The molecule has 1 aliphatic rings. The van der Waals surface area contributed by atoms with Crippen molar-refractivity contribution in [3.8, 4) is 6.07 Å². The fourth-order valence-corrected chi connectivity index (χ4v) is 6.06. The van der Waals surface area contributed by atoms with Gasteiger partial charge in [0.05, 0.1) is 23.6 Å². The number of anilines is 1. The highest BCUT2D eigenvalue weighted by Gasteiger charge is 2.49. The number of hydrogen-bond donors (Lipinski definition) is 4. The number of aliphatic hydroxyl groups excluding tert-OH is 1. The van der Waals surface area contributed by atoms with Crippen molar-refractivity contribution in [2.75, 3.05) is 11.2 Å². The Kier molecular flexibility index (Phi) is 9.88. The molecule has 0 aliphatic carbocycles. The molecular weight excluding hydrogens is 550 g/mol. The van der Waals surface area contributed by atoms with Crippen LogP contribution in [0.4, 0.5) is 10.5 Å². The van der Waals surface area contributed by atoms with E-state index in [1.807, 2.05) is 81.4 Å². The van der Waals surface area contributed by atoms with Crippen molar-refractivity contribution in [2.45, 2.75) is 56.7 Å². The Morgan fingerprint density at radius 1 is 1.05 bits per heavy atom. The number of benzene rings is 3. The number of aliphatic hydroxyl groups is 1. The number of carbonyl (C=O) groups is 3. The Morgan fingerprint density at radius 3 is 2.38 bits per heavy atom. The summed E-state index contributed by atoms with van der Waals surface area (Å²) in [6.45, 7) is 6.10. The van der Waals surface area contributed by atoms with E-state index in [1.54, 1.807) is 24.3 Å². The van der Waals surface area contributed by atoms with Crippen LogP contribution >= 0.6 is 11.8 Å².